The van der Waals surface area contributed by atoms with Gasteiger partial charge in [-0.2, -0.15) is 5.26 Å². The standard InChI is InChI=1S/C30H25FN4O6/c31-24-15-22(6-7-25(24)34-29(36)41-21-4-2-1-3-5-21)40-27-8-11-33-26-16-28(20(17-32)14-23(26)27)39-18-19-9-12-35(13-10-19)30(37)38/h1-8,11,14-16,19H,9-10,12-13,18H2,(H,34,36)(H,37,38). The van der Waals surface area contributed by atoms with Crippen molar-refractivity contribution in [3.05, 3.63) is 84.3 Å². The highest BCUT2D eigenvalue weighted by Gasteiger charge is 2.23. The summed E-state index contributed by atoms with van der Waals surface area (Å²) in [5.74, 6) is 0.651. The summed E-state index contributed by atoms with van der Waals surface area (Å²) in [7, 11) is 0. The summed E-state index contributed by atoms with van der Waals surface area (Å²) in [6.45, 7) is 1.25. The zero-order chi connectivity index (χ0) is 28.8. The van der Waals surface area contributed by atoms with Crippen LogP contribution in [-0.2, 0) is 0 Å². The Labute approximate surface area is 234 Å². The Morgan fingerprint density at radius 3 is 2.54 bits per heavy atom. The van der Waals surface area contributed by atoms with Gasteiger partial charge >= 0.3 is 12.2 Å². The second-order valence-electron chi connectivity index (χ2n) is 9.38. The molecule has 1 saturated heterocycles. The van der Waals surface area contributed by atoms with E-state index >= 15 is 0 Å². The highest BCUT2D eigenvalue weighted by atomic mass is 19.1. The molecule has 41 heavy (non-hydrogen) atoms. The number of hydrogen-bond acceptors (Lipinski definition) is 7. The van der Waals surface area contributed by atoms with Crippen molar-refractivity contribution in [2.45, 2.75) is 12.8 Å². The summed E-state index contributed by atoms with van der Waals surface area (Å²) in [5, 5.41) is 21.8. The van der Waals surface area contributed by atoms with Gasteiger partial charge < -0.3 is 24.2 Å². The van der Waals surface area contributed by atoms with Gasteiger partial charge in [-0.3, -0.25) is 10.3 Å². The van der Waals surface area contributed by atoms with Gasteiger partial charge in [-0.25, -0.2) is 14.0 Å². The first-order chi connectivity index (χ1) is 19.9. The first kappa shape index (κ1) is 27.2. The summed E-state index contributed by atoms with van der Waals surface area (Å²) in [6.07, 6.45) is 1.13. The Hall–Kier alpha value is -5.37. The van der Waals surface area contributed by atoms with Crippen molar-refractivity contribution in [1.29, 1.82) is 5.26 Å². The summed E-state index contributed by atoms with van der Waals surface area (Å²) in [5.41, 5.74) is 0.709. The van der Waals surface area contributed by atoms with Crippen LogP contribution in [-0.4, -0.2) is 46.9 Å². The number of para-hydroxylation sites is 1. The predicted octanol–water partition coefficient (Wildman–Crippen LogP) is 6.42. The molecule has 4 aromatic rings. The lowest BCUT2D eigenvalue weighted by Gasteiger charge is -2.29. The SMILES string of the molecule is N#Cc1cc2c(Oc3ccc(NC(=O)Oc4ccccc4)c(F)c3)ccnc2cc1OCC1CCN(C(=O)O)CC1. The first-order valence-electron chi connectivity index (χ1n) is 12.8. The molecule has 2 heterocycles. The van der Waals surface area contributed by atoms with E-state index < -0.39 is 18.0 Å². The number of benzene rings is 3. The minimum Gasteiger partial charge on any atom is -0.492 e. The van der Waals surface area contributed by atoms with Crippen LogP contribution in [0.25, 0.3) is 10.9 Å². The maximum atomic E-state index is 14.8. The van der Waals surface area contributed by atoms with E-state index in [4.69, 9.17) is 19.3 Å². The van der Waals surface area contributed by atoms with Gasteiger partial charge in [0.1, 0.15) is 29.1 Å². The zero-order valence-corrected chi connectivity index (χ0v) is 21.7. The number of ether oxygens (including phenoxy) is 3. The second kappa shape index (κ2) is 12.2. The molecule has 3 aromatic carbocycles. The lowest BCUT2D eigenvalue weighted by Crippen LogP contribution is -2.38. The molecule has 0 spiro atoms. The van der Waals surface area contributed by atoms with Crippen LogP contribution >= 0.6 is 0 Å². The van der Waals surface area contributed by atoms with Crippen LogP contribution in [0.15, 0.2) is 72.9 Å². The van der Waals surface area contributed by atoms with Crippen molar-refractivity contribution in [3.63, 3.8) is 0 Å². The molecule has 1 aromatic heterocycles. The quantitative estimate of drug-likeness (QED) is 0.266. The van der Waals surface area contributed by atoms with Gasteiger partial charge in [-0.05, 0) is 55.2 Å². The van der Waals surface area contributed by atoms with Gasteiger partial charge in [-0.15, -0.1) is 0 Å². The molecule has 5 rings (SSSR count). The molecule has 208 valence electrons. The summed E-state index contributed by atoms with van der Waals surface area (Å²) >= 11 is 0. The number of carbonyl (C=O) groups is 2. The number of halogens is 1. The largest absolute Gasteiger partial charge is 0.492 e. The number of amides is 2. The van der Waals surface area contributed by atoms with Crippen molar-refractivity contribution in [1.82, 2.24) is 9.88 Å². The second-order valence-corrected chi connectivity index (χ2v) is 9.38. The molecule has 11 heteroatoms. The number of anilines is 1. The number of nitrogens with zero attached hydrogens (tertiary/aromatic N) is 3. The van der Waals surface area contributed by atoms with Crippen molar-refractivity contribution in [2.24, 2.45) is 5.92 Å². The lowest BCUT2D eigenvalue weighted by molar-refractivity contribution is 0.111. The van der Waals surface area contributed by atoms with E-state index in [9.17, 15) is 19.2 Å². The molecule has 2 amide bonds. The molecular weight excluding hydrogens is 531 g/mol. The highest BCUT2D eigenvalue weighted by Crippen LogP contribution is 2.34. The molecule has 0 bridgehead atoms. The molecule has 1 aliphatic rings. The van der Waals surface area contributed by atoms with Gasteiger partial charge in [0.2, 0.25) is 0 Å². The van der Waals surface area contributed by atoms with Crippen LogP contribution in [0.5, 0.6) is 23.0 Å². The summed E-state index contributed by atoms with van der Waals surface area (Å²) in [6, 6.07) is 19.4. The number of nitrogens with one attached hydrogen (secondary N) is 1. The van der Waals surface area contributed by atoms with E-state index in [2.05, 4.69) is 16.4 Å². The average Bonchev–Trinajstić information content (AvgIpc) is 2.98. The monoisotopic (exact) mass is 556 g/mol. The van der Waals surface area contributed by atoms with E-state index in [1.807, 2.05) is 0 Å². The molecule has 0 saturated carbocycles. The van der Waals surface area contributed by atoms with E-state index in [-0.39, 0.29) is 22.9 Å². The van der Waals surface area contributed by atoms with E-state index in [1.165, 1.54) is 23.2 Å². The Kier molecular flexibility index (Phi) is 8.10. The van der Waals surface area contributed by atoms with Crippen LogP contribution in [0.2, 0.25) is 0 Å². The third-order valence-corrected chi connectivity index (χ3v) is 6.64. The van der Waals surface area contributed by atoms with Crippen LogP contribution in [0.1, 0.15) is 18.4 Å². The molecule has 1 aliphatic heterocycles. The van der Waals surface area contributed by atoms with Crippen molar-refractivity contribution in [2.75, 3.05) is 25.0 Å². The number of aromatic nitrogens is 1. The van der Waals surface area contributed by atoms with Crippen LogP contribution in [0, 0.1) is 23.1 Å². The summed E-state index contributed by atoms with van der Waals surface area (Å²) < 4.78 is 31.8. The molecule has 0 atom stereocenters. The molecule has 2 N–H and O–H groups in total. The van der Waals surface area contributed by atoms with Crippen molar-refractivity contribution in [3.8, 4) is 29.1 Å². The highest BCUT2D eigenvalue weighted by molar-refractivity contribution is 5.88. The fourth-order valence-electron chi connectivity index (χ4n) is 4.46. The molecule has 1 fully saturated rings. The van der Waals surface area contributed by atoms with Gasteiger partial charge in [0.25, 0.3) is 0 Å². The van der Waals surface area contributed by atoms with Gasteiger partial charge in [0.05, 0.1) is 23.4 Å². The minimum atomic E-state index is -0.923. The third-order valence-electron chi connectivity index (χ3n) is 6.64. The average molecular weight is 557 g/mol. The van der Waals surface area contributed by atoms with Gasteiger partial charge in [0.15, 0.2) is 5.82 Å². The van der Waals surface area contributed by atoms with E-state index in [1.54, 1.807) is 48.5 Å². The predicted molar refractivity (Wildman–Crippen MR) is 147 cm³/mol. The topological polar surface area (TPSA) is 134 Å². The number of carboxylic acid groups (broad SMARTS) is 1. The Morgan fingerprint density at radius 2 is 1.83 bits per heavy atom. The number of fused-ring (bicyclic) bond motifs is 1. The maximum Gasteiger partial charge on any atom is 0.417 e. The fraction of sp³-hybridized carbons (Fsp3) is 0.200. The van der Waals surface area contributed by atoms with Crippen molar-refractivity contribution >= 4 is 28.8 Å². The Balaban J connectivity index is 1.27. The van der Waals surface area contributed by atoms with Gasteiger partial charge in [0, 0.05) is 36.8 Å². The first-order valence-corrected chi connectivity index (χ1v) is 12.8. The smallest absolute Gasteiger partial charge is 0.417 e. The molecular formula is C30H25FN4O6. The van der Waals surface area contributed by atoms with Gasteiger partial charge in [-0.1, -0.05) is 18.2 Å². The molecule has 10 nitrogen and oxygen atoms in total. The number of rotatable bonds is 7. The number of carbonyl (C=O) groups excluding carboxylic acids is 1. The Morgan fingerprint density at radius 1 is 1.05 bits per heavy atom. The van der Waals surface area contributed by atoms with E-state index in [0.29, 0.717) is 60.7 Å². The fourth-order valence-corrected chi connectivity index (χ4v) is 4.46. The number of piperidine rings is 1. The lowest BCUT2D eigenvalue weighted by atomic mass is 9.98. The molecule has 0 radical (unpaired) electrons. The third kappa shape index (κ3) is 6.62. The Bertz CT molecular complexity index is 1620. The number of pyridine rings is 1. The summed E-state index contributed by atoms with van der Waals surface area (Å²) in [4.78, 5) is 29.0. The minimum absolute atomic E-state index is 0.0833. The van der Waals surface area contributed by atoms with E-state index in [0.717, 1.165) is 6.07 Å². The van der Waals surface area contributed by atoms with Crippen LogP contribution in [0.3, 0.4) is 0 Å². The zero-order valence-electron chi connectivity index (χ0n) is 21.7. The van der Waals surface area contributed by atoms with Crippen LogP contribution in [0.4, 0.5) is 19.7 Å². The number of hydrogen-bond donors (Lipinski definition) is 2. The molecule has 0 aliphatic carbocycles. The van der Waals surface area contributed by atoms with Crippen molar-refractivity contribution < 1.29 is 33.3 Å². The number of likely N-dealkylation sites (tertiary alicyclic amines) is 1. The van der Waals surface area contributed by atoms with Crippen LogP contribution < -0.4 is 19.5 Å². The normalized spacial score (nSPS) is 13.3. The molecule has 0 unspecified atom stereocenters. The number of nitriles is 1. The maximum absolute atomic E-state index is 14.8.